The molecule has 0 aliphatic heterocycles. The number of unbranched alkanes of at least 4 members (excludes halogenated alkanes) is 36. The number of allylic oxidation sites excluding steroid dienone is 20. The summed E-state index contributed by atoms with van der Waals surface area (Å²) in [4.78, 5) is 37.6. The Labute approximate surface area is 574 Å². The van der Waals surface area contributed by atoms with Crippen LogP contribution in [0.25, 0.3) is 0 Å². The SMILES string of the molecule is CC/C=C\C/C=C\C/C=C\C/C=C\C/C=C\C/C=C\C/C=C\C/C=C\CCCCCCCCCCCCCCCCCCC(=O)OC(COC(=O)CCCCCCCCCCCCCCCCC/C=C\C/C=C\CCCCCCC)COC(OCC[N+](C)(C)C)C(=O)[O-]. The molecule has 534 valence electrons. The molecular weight excluding hydrogens is 1150 g/mol. The van der Waals surface area contributed by atoms with Crippen LogP contribution in [0.3, 0.4) is 0 Å². The summed E-state index contributed by atoms with van der Waals surface area (Å²) in [5.74, 6) is -2.27. The number of ether oxygens (including phenoxy) is 4. The van der Waals surface area contributed by atoms with Crippen LogP contribution in [0.4, 0.5) is 0 Å². The minimum Gasteiger partial charge on any atom is -0.545 e. The largest absolute Gasteiger partial charge is 0.545 e. The Morgan fingerprint density at radius 1 is 0.333 bits per heavy atom. The third kappa shape index (κ3) is 74.9. The summed E-state index contributed by atoms with van der Waals surface area (Å²) in [5, 5.41) is 11.9. The van der Waals surface area contributed by atoms with Crippen molar-refractivity contribution in [3.8, 4) is 0 Å². The van der Waals surface area contributed by atoms with Gasteiger partial charge in [-0.2, -0.15) is 0 Å². The van der Waals surface area contributed by atoms with Gasteiger partial charge < -0.3 is 33.3 Å². The zero-order valence-electron chi connectivity index (χ0n) is 61.1. The van der Waals surface area contributed by atoms with Crippen LogP contribution in [0.2, 0.25) is 0 Å². The lowest BCUT2D eigenvalue weighted by atomic mass is 10.0. The number of aliphatic carboxylic acids is 1. The van der Waals surface area contributed by atoms with E-state index in [2.05, 4.69) is 135 Å². The molecule has 0 rings (SSSR count). The second-order valence-corrected chi connectivity index (χ2v) is 26.9. The van der Waals surface area contributed by atoms with Crippen molar-refractivity contribution in [2.45, 2.75) is 347 Å². The summed E-state index contributed by atoms with van der Waals surface area (Å²) in [7, 11) is 5.94. The van der Waals surface area contributed by atoms with Gasteiger partial charge in [0.25, 0.3) is 0 Å². The molecule has 0 aliphatic carbocycles. The second kappa shape index (κ2) is 73.5. The van der Waals surface area contributed by atoms with Gasteiger partial charge in [0, 0.05) is 12.8 Å². The first-order valence-electron chi connectivity index (χ1n) is 38.7. The highest BCUT2D eigenvalue weighted by Gasteiger charge is 2.22. The molecule has 0 N–H and O–H groups in total. The number of rotatable bonds is 71. The van der Waals surface area contributed by atoms with Crippen LogP contribution in [0.15, 0.2) is 122 Å². The lowest BCUT2D eigenvalue weighted by molar-refractivity contribution is -0.870. The van der Waals surface area contributed by atoms with Crippen LogP contribution >= 0.6 is 0 Å². The molecule has 0 saturated heterocycles. The van der Waals surface area contributed by atoms with Crippen molar-refractivity contribution < 1.29 is 42.9 Å². The van der Waals surface area contributed by atoms with Crippen molar-refractivity contribution in [3.63, 3.8) is 0 Å². The normalized spacial score (nSPS) is 13.3. The molecule has 9 nitrogen and oxygen atoms in total. The molecule has 0 radical (unpaired) electrons. The maximum Gasteiger partial charge on any atom is 0.306 e. The number of hydrogen-bond donors (Lipinski definition) is 0. The highest BCUT2D eigenvalue weighted by Crippen LogP contribution is 2.18. The Morgan fingerprint density at radius 2 is 0.613 bits per heavy atom. The minimum atomic E-state index is -1.63. The number of carboxylic acids is 1. The third-order valence-corrected chi connectivity index (χ3v) is 16.7. The first kappa shape index (κ1) is 88.7. The van der Waals surface area contributed by atoms with Crippen molar-refractivity contribution in [2.24, 2.45) is 0 Å². The summed E-state index contributed by atoms with van der Waals surface area (Å²) >= 11 is 0. The number of carbonyl (C=O) groups excluding carboxylic acids is 3. The van der Waals surface area contributed by atoms with Gasteiger partial charge in [0.1, 0.15) is 13.2 Å². The Hall–Kier alpha value is -4.31. The predicted molar refractivity (Wildman–Crippen MR) is 398 cm³/mol. The van der Waals surface area contributed by atoms with Crippen molar-refractivity contribution >= 4 is 17.9 Å². The molecule has 0 saturated carbocycles. The molecule has 0 heterocycles. The van der Waals surface area contributed by atoms with Gasteiger partial charge in [-0.3, -0.25) is 9.59 Å². The van der Waals surface area contributed by atoms with E-state index in [-0.39, 0.29) is 32.2 Å². The average Bonchev–Trinajstić information content (AvgIpc) is 3.38. The van der Waals surface area contributed by atoms with E-state index in [0.29, 0.717) is 23.9 Å². The first-order chi connectivity index (χ1) is 45.6. The Bertz CT molecular complexity index is 1950. The summed E-state index contributed by atoms with van der Waals surface area (Å²) < 4.78 is 22.9. The van der Waals surface area contributed by atoms with Gasteiger partial charge in [0.05, 0.1) is 40.3 Å². The monoisotopic (exact) mass is 1300 g/mol. The molecule has 0 aliphatic rings. The number of quaternary nitrogens is 1. The summed E-state index contributed by atoms with van der Waals surface area (Å²) in [5.41, 5.74) is 0. The quantitative estimate of drug-likeness (QED) is 0.0195. The highest BCUT2D eigenvalue weighted by molar-refractivity contribution is 5.70. The van der Waals surface area contributed by atoms with Gasteiger partial charge >= 0.3 is 11.9 Å². The van der Waals surface area contributed by atoms with Crippen LogP contribution < -0.4 is 5.11 Å². The van der Waals surface area contributed by atoms with Crippen LogP contribution in [-0.4, -0.2) is 82.3 Å². The smallest absolute Gasteiger partial charge is 0.306 e. The van der Waals surface area contributed by atoms with Gasteiger partial charge in [-0.05, 0) is 109 Å². The van der Waals surface area contributed by atoms with Gasteiger partial charge in [0.15, 0.2) is 12.4 Å². The molecular formula is C84H145NO8. The van der Waals surface area contributed by atoms with E-state index in [4.69, 9.17) is 18.9 Å². The molecule has 0 aromatic carbocycles. The summed E-state index contributed by atoms with van der Waals surface area (Å²) in [6.07, 6.45) is 102. The third-order valence-electron chi connectivity index (χ3n) is 16.7. The molecule has 0 bridgehead atoms. The van der Waals surface area contributed by atoms with Crippen molar-refractivity contribution in [2.75, 3.05) is 47.5 Å². The molecule has 2 atom stereocenters. The maximum absolute atomic E-state index is 13.0. The maximum atomic E-state index is 13.0. The van der Waals surface area contributed by atoms with E-state index in [9.17, 15) is 19.5 Å². The molecule has 0 aromatic rings. The molecule has 0 fully saturated rings. The Balaban J connectivity index is 4.05. The fraction of sp³-hybridized carbons (Fsp3) is 0.726. The molecule has 0 spiro atoms. The van der Waals surface area contributed by atoms with Crippen molar-refractivity contribution in [3.05, 3.63) is 122 Å². The fourth-order valence-electron chi connectivity index (χ4n) is 10.8. The molecule has 0 aromatic heterocycles. The lowest BCUT2D eigenvalue weighted by Crippen LogP contribution is -2.44. The standard InChI is InChI=1S/C84H145NO8/c1-6-8-10-12-14-16-18-20-22-24-26-28-30-32-34-35-36-37-38-39-40-41-42-43-44-45-46-47-49-51-53-55-57-59-61-63-65-67-69-71-73-75-82(87)93-80(79-92-84(83(88)89)90-77-76-85(3,4)5)78-91-81(86)74-72-70-68-66-64-62-60-58-56-54-52-50-48-33-31-29-27-25-23-21-19-17-15-13-11-9-7-2/h8,10,14,16,19-22,25-28,32,34,36-37,39-40,42-43,80,84H,6-7,9,11-13,15,17-18,23-24,29-31,33,35,38,41,44-79H2,1-5H3/b10-8-,16-14-,21-19-,22-20-,27-25-,28-26-,34-32-,37-36-,40-39-,43-42-. The van der Waals surface area contributed by atoms with Crippen LogP contribution in [0.1, 0.15) is 335 Å². The molecule has 0 amide bonds. The Morgan fingerprint density at radius 3 is 0.914 bits per heavy atom. The average molecular weight is 1300 g/mol. The number of nitrogens with zero attached hydrogens (tertiary/aromatic N) is 1. The molecule has 2 unspecified atom stereocenters. The number of carbonyl (C=O) groups is 3. The number of hydrogen-bond acceptors (Lipinski definition) is 8. The topological polar surface area (TPSA) is 111 Å². The minimum absolute atomic E-state index is 0.145. The van der Waals surface area contributed by atoms with Gasteiger partial charge in [-0.15, -0.1) is 0 Å². The number of likely N-dealkylation sites (N-methyl/N-ethyl adjacent to an activating group) is 1. The van der Waals surface area contributed by atoms with Gasteiger partial charge in [-0.1, -0.05) is 334 Å². The van der Waals surface area contributed by atoms with E-state index >= 15 is 0 Å². The Kier molecular flexibility index (Phi) is 70.1. The van der Waals surface area contributed by atoms with Crippen LogP contribution in [0, 0.1) is 0 Å². The summed E-state index contributed by atoms with van der Waals surface area (Å²) in [6, 6.07) is 0. The number of carboxylic acid groups (broad SMARTS) is 1. The van der Waals surface area contributed by atoms with E-state index in [1.54, 1.807) is 0 Å². The van der Waals surface area contributed by atoms with Crippen molar-refractivity contribution in [1.29, 1.82) is 0 Å². The lowest BCUT2D eigenvalue weighted by Gasteiger charge is -2.26. The van der Waals surface area contributed by atoms with Crippen LogP contribution in [-0.2, 0) is 33.3 Å². The van der Waals surface area contributed by atoms with Gasteiger partial charge in [0.2, 0.25) is 0 Å². The molecule has 93 heavy (non-hydrogen) atoms. The van der Waals surface area contributed by atoms with Crippen LogP contribution in [0.5, 0.6) is 0 Å². The van der Waals surface area contributed by atoms with E-state index in [1.807, 2.05) is 21.1 Å². The van der Waals surface area contributed by atoms with Crippen molar-refractivity contribution in [1.82, 2.24) is 0 Å². The zero-order chi connectivity index (χ0) is 67.5. The molecule has 9 heteroatoms. The second-order valence-electron chi connectivity index (χ2n) is 26.9. The van der Waals surface area contributed by atoms with E-state index < -0.39 is 24.3 Å². The first-order valence-corrected chi connectivity index (χ1v) is 38.7. The fourth-order valence-corrected chi connectivity index (χ4v) is 10.8. The zero-order valence-corrected chi connectivity index (χ0v) is 61.1. The van der Waals surface area contributed by atoms with E-state index in [1.165, 1.54) is 205 Å². The predicted octanol–water partition coefficient (Wildman–Crippen LogP) is 23.4. The van der Waals surface area contributed by atoms with E-state index in [0.717, 1.165) is 96.3 Å². The number of esters is 2. The van der Waals surface area contributed by atoms with Gasteiger partial charge in [-0.25, -0.2) is 0 Å². The summed E-state index contributed by atoms with van der Waals surface area (Å²) in [6.45, 7) is 4.66. The highest BCUT2D eigenvalue weighted by atomic mass is 16.7.